The average Bonchev–Trinajstić information content (AvgIpc) is 2.28. The molecular formula is C12H12ClFO2. The Morgan fingerprint density at radius 3 is 2.56 bits per heavy atom. The van der Waals surface area contributed by atoms with Gasteiger partial charge in [-0.05, 0) is 24.6 Å². The highest BCUT2D eigenvalue weighted by Crippen LogP contribution is 2.26. The van der Waals surface area contributed by atoms with Crippen LogP contribution in [0.4, 0.5) is 4.39 Å². The van der Waals surface area contributed by atoms with E-state index in [1.54, 1.807) is 19.1 Å². The second-order valence-corrected chi connectivity index (χ2v) is 3.60. The van der Waals surface area contributed by atoms with Gasteiger partial charge >= 0.3 is 5.97 Å². The van der Waals surface area contributed by atoms with Crippen molar-refractivity contribution in [2.45, 2.75) is 13.1 Å². The molecule has 4 heteroatoms. The van der Waals surface area contributed by atoms with Gasteiger partial charge < -0.3 is 4.74 Å². The molecular weight excluding hydrogens is 231 g/mol. The van der Waals surface area contributed by atoms with E-state index in [0.29, 0.717) is 10.6 Å². The highest BCUT2D eigenvalue weighted by molar-refractivity contribution is 6.30. The van der Waals surface area contributed by atoms with Crippen molar-refractivity contribution in [2.75, 3.05) is 6.61 Å². The fraction of sp³-hybridized carbons (Fsp3) is 0.250. The fourth-order valence-corrected chi connectivity index (χ4v) is 1.29. The Morgan fingerprint density at radius 2 is 2.06 bits per heavy atom. The Labute approximate surface area is 98.7 Å². The summed E-state index contributed by atoms with van der Waals surface area (Å²) in [7, 11) is 0. The lowest BCUT2D eigenvalue weighted by atomic mass is 10.0. The Bertz CT molecular complexity index is 387. The van der Waals surface area contributed by atoms with Gasteiger partial charge in [-0.3, -0.25) is 0 Å². The van der Waals surface area contributed by atoms with Crippen LogP contribution in [0.3, 0.4) is 0 Å². The van der Waals surface area contributed by atoms with Gasteiger partial charge in [0.1, 0.15) is 0 Å². The second-order valence-electron chi connectivity index (χ2n) is 3.16. The summed E-state index contributed by atoms with van der Waals surface area (Å²) in [4.78, 5) is 11.2. The number of esters is 1. The number of halogens is 2. The Kier molecular flexibility index (Phi) is 4.50. The van der Waals surface area contributed by atoms with Crippen molar-refractivity contribution < 1.29 is 13.9 Å². The predicted molar refractivity (Wildman–Crippen MR) is 61.1 cm³/mol. The number of carbonyl (C=O) groups is 1. The molecule has 0 aliphatic carbocycles. The molecule has 86 valence electrons. The monoisotopic (exact) mass is 242 g/mol. The van der Waals surface area contributed by atoms with E-state index in [9.17, 15) is 9.18 Å². The fourth-order valence-electron chi connectivity index (χ4n) is 1.16. The van der Waals surface area contributed by atoms with Crippen LogP contribution in [0.1, 0.15) is 18.7 Å². The van der Waals surface area contributed by atoms with E-state index in [1.807, 2.05) is 0 Å². The van der Waals surface area contributed by atoms with Crippen LogP contribution in [0.2, 0.25) is 5.02 Å². The minimum Gasteiger partial charge on any atom is -0.463 e. The normalized spacial score (nSPS) is 11.9. The number of rotatable bonds is 4. The molecule has 0 amide bonds. The van der Waals surface area contributed by atoms with Crippen LogP contribution in [0, 0.1) is 0 Å². The zero-order chi connectivity index (χ0) is 12.1. The van der Waals surface area contributed by atoms with Crippen LogP contribution in [-0.4, -0.2) is 12.6 Å². The van der Waals surface area contributed by atoms with Crippen molar-refractivity contribution >= 4 is 17.6 Å². The van der Waals surface area contributed by atoms with E-state index in [0.717, 1.165) is 0 Å². The lowest BCUT2D eigenvalue weighted by Gasteiger charge is -2.10. The molecule has 1 aromatic carbocycles. The molecule has 0 aliphatic heterocycles. The standard InChI is InChI=1S/C12H12ClFO2/c1-3-16-12(15)8(2)11(14)9-4-6-10(13)7-5-9/h4-7,11H,2-3H2,1H3. The minimum absolute atomic E-state index is 0.200. The van der Waals surface area contributed by atoms with Crippen molar-refractivity contribution in [1.82, 2.24) is 0 Å². The van der Waals surface area contributed by atoms with Crippen LogP contribution in [0.15, 0.2) is 36.4 Å². The molecule has 1 unspecified atom stereocenters. The van der Waals surface area contributed by atoms with Crippen molar-refractivity contribution in [1.29, 1.82) is 0 Å². The minimum atomic E-state index is -1.56. The van der Waals surface area contributed by atoms with Crippen LogP contribution in [-0.2, 0) is 9.53 Å². The first-order valence-electron chi connectivity index (χ1n) is 4.81. The van der Waals surface area contributed by atoms with Crippen molar-refractivity contribution in [3.8, 4) is 0 Å². The first-order chi connectivity index (χ1) is 7.56. The zero-order valence-electron chi connectivity index (χ0n) is 8.87. The largest absolute Gasteiger partial charge is 0.463 e. The number of ether oxygens (including phenoxy) is 1. The molecule has 1 rings (SSSR count). The van der Waals surface area contributed by atoms with Gasteiger partial charge in [-0.1, -0.05) is 30.3 Å². The molecule has 16 heavy (non-hydrogen) atoms. The van der Waals surface area contributed by atoms with E-state index >= 15 is 0 Å². The topological polar surface area (TPSA) is 26.3 Å². The quantitative estimate of drug-likeness (QED) is 0.597. The summed E-state index contributed by atoms with van der Waals surface area (Å²) in [5, 5.41) is 0.512. The van der Waals surface area contributed by atoms with E-state index in [-0.39, 0.29) is 12.2 Å². The van der Waals surface area contributed by atoms with E-state index in [4.69, 9.17) is 11.6 Å². The molecule has 0 saturated carbocycles. The van der Waals surface area contributed by atoms with Gasteiger partial charge in [0.15, 0.2) is 6.17 Å². The zero-order valence-corrected chi connectivity index (χ0v) is 9.63. The Balaban J connectivity index is 2.77. The Hall–Kier alpha value is -1.35. The van der Waals surface area contributed by atoms with Crippen molar-refractivity contribution in [2.24, 2.45) is 0 Å². The number of hydrogen-bond acceptors (Lipinski definition) is 2. The first-order valence-corrected chi connectivity index (χ1v) is 5.19. The average molecular weight is 243 g/mol. The molecule has 0 heterocycles. The van der Waals surface area contributed by atoms with Gasteiger partial charge in [0, 0.05) is 5.02 Å². The molecule has 1 aromatic rings. The maximum absolute atomic E-state index is 13.8. The first kappa shape index (κ1) is 12.7. The van der Waals surface area contributed by atoms with Gasteiger partial charge in [0.05, 0.1) is 12.2 Å². The van der Waals surface area contributed by atoms with E-state index < -0.39 is 12.1 Å². The lowest BCUT2D eigenvalue weighted by molar-refractivity contribution is -0.139. The van der Waals surface area contributed by atoms with Gasteiger partial charge in [-0.25, -0.2) is 9.18 Å². The Morgan fingerprint density at radius 1 is 1.50 bits per heavy atom. The second kappa shape index (κ2) is 5.66. The molecule has 0 aromatic heterocycles. The summed E-state index contributed by atoms with van der Waals surface area (Å²) in [6.45, 7) is 5.24. The van der Waals surface area contributed by atoms with E-state index in [2.05, 4.69) is 11.3 Å². The molecule has 0 radical (unpaired) electrons. The number of benzene rings is 1. The molecule has 0 bridgehead atoms. The molecule has 0 saturated heterocycles. The highest BCUT2D eigenvalue weighted by Gasteiger charge is 2.20. The maximum Gasteiger partial charge on any atom is 0.336 e. The third-order valence-electron chi connectivity index (χ3n) is 2.01. The molecule has 2 nitrogen and oxygen atoms in total. The molecule has 1 atom stereocenters. The molecule has 0 spiro atoms. The van der Waals surface area contributed by atoms with Crippen LogP contribution >= 0.6 is 11.6 Å². The van der Waals surface area contributed by atoms with Gasteiger partial charge in [-0.15, -0.1) is 0 Å². The summed E-state index contributed by atoms with van der Waals surface area (Å²) in [6.07, 6.45) is -1.56. The van der Waals surface area contributed by atoms with E-state index in [1.165, 1.54) is 12.1 Å². The number of carbonyl (C=O) groups excluding carboxylic acids is 1. The van der Waals surface area contributed by atoms with Crippen LogP contribution in [0.25, 0.3) is 0 Å². The third-order valence-corrected chi connectivity index (χ3v) is 2.26. The maximum atomic E-state index is 13.8. The molecule has 0 aliphatic rings. The van der Waals surface area contributed by atoms with Gasteiger partial charge in [-0.2, -0.15) is 0 Å². The van der Waals surface area contributed by atoms with Gasteiger partial charge in [0.2, 0.25) is 0 Å². The molecule has 0 N–H and O–H groups in total. The summed E-state index contributed by atoms with van der Waals surface area (Å²) in [6, 6.07) is 6.14. The predicted octanol–water partition coefficient (Wildman–Crippen LogP) is 3.47. The molecule has 0 fully saturated rings. The number of alkyl halides is 1. The summed E-state index contributed by atoms with van der Waals surface area (Å²) >= 11 is 5.67. The van der Waals surface area contributed by atoms with Gasteiger partial charge in [0.25, 0.3) is 0 Å². The summed E-state index contributed by atoms with van der Waals surface area (Å²) in [5.74, 6) is -0.718. The lowest BCUT2D eigenvalue weighted by Crippen LogP contribution is -2.11. The highest BCUT2D eigenvalue weighted by atomic mass is 35.5. The summed E-state index contributed by atoms with van der Waals surface area (Å²) in [5.41, 5.74) is 0.131. The third kappa shape index (κ3) is 3.07. The van der Waals surface area contributed by atoms with Crippen molar-refractivity contribution in [3.63, 3.8) is 0 Å². The van der Waals surface area contributed by atoms with Crippen LogP contribution < -0.4 is 0 Å². The SMILES string of the molecule is C=C(C(=O)OCC)C(F)c1ccc(Cl)cc1. The smallest absolute Gasteiger partial charge is 0.336 e. The summed E-state index contributed by atoms with van der Waals surface area (Å²) < 4.78 is 18.5. The number of hydrogen-bond donors (Lipinski definition) is 0. The van der Waals surface area contributed by atoms with Crippen LogP contribution in [0.5, 0.6) is 0 Å². The van der Waals surface area contributed by atoms with Crippen molar-refractivity contribution in [3.05, 3.63) is 47.0 Å².